The van der Waals surface area contributed by atoms with Gasteiger partial charge in [-0.15, -0.1) is 0 Å². The monoisotopic (exact) mass is 514 g/mol. The molecule has 2 heterocycles. The number of nitrogens with one attached hydrogen (secondary N) is 2. The predicted octanol–water partition coefficient (Wildman–Crippen LogP) is 6.12. The average Bonchev–Trinajstić information content (AvgIpc) is 3.20. The van der Waals surface area contributed by atoms with Crippen molar-refractivity contribution in [3.63, 3.8) is 0 Å². The fourth-order valence-electron chi connectivity index (χ4n) is 3.79. The molecule has 12 heteroatoms. The summed E-state index contributed by atoms with van der Waals surface area (Å²) in [5, 5.41) is 10.1. The molecule has 0 saturated carbocycles. The van der Waals surface area contributed by atoms with Gasteiger partial charge in [0, 0.05) is 28.2 Å². The van der Waals surface area contributed by atoms with Gasteiger partial charge >= 0.3 is 6.18 Å². The molecule has 180 valence electrons. The van der Waals surface area contributed by atoms with E-state index in [4.69, 9.17) is 32.7 Å². The van der Waals surface area contributed by atoms with Crippen LogP contribution in [0.15, 0.2) is 42.5 Å². The molecule has 2 N–H and O–H groups in total. The second-order valence-electron chi connectivity index (χ2n) is 7.58. The molecule has 4 rings (SSSR count). The van der Waals surface area contributed by atoms with E-state index in [1.54, 1.807) is 18.2 Å². The first-order chi connectivity index (χ1) is 16.1. The molecule has 0 fully saturated rings. The highest BCUT2D eigenvalue weighted by Crippen LogP contribution is 2.44. The van der Waals surface area contributed by atoms with Gasteiger partial charge in [-0.2, -0.15) is 18.3 Å². The van der Waals surface area contributed by atoms with Crippen molar-refractivity contribution < 1.29 is 27.4 Å². The predicted molar refractivity (Wildman–Crippen MR) is 122 cm³/mol. The van der Waals surface area contributed by atoms with Gasteiger partial charge in [0.25, 0.3) is 5.91 Å². The van der Waals surface area contributed by atoms with Gasteiger partial charge in [0.1, 0.15) is 5.82 Å². The molecule has 0 radical (unpaired) electrons. The lowest BCUT2D eigenvalue weighted by Gasteiger charge is -2.33. The lowest BCUT2D eigenvalue weighted by Crippen LogP contribution is -2.35. The molecule has 2 aromatic carbocycles. The average molecular weight is 515 g/mol. The largest absolute Gasteiger partial charge is 0.493 e. The molecule has 0 unspecified atom stereocenters. The Bertz CT molecular complexity index is 1210. The van der Waals surface area contributed by atoms with Gasteiger partial charge in [0.2, 0.25) is 0 Å². The van der Waals surface area contributed by atoms with Crippen molar-refractivity contribution in [1.82, 2.24) is 9.78 Å². The lowest BCUT2D eigenvalue weighted by molar-refractivity contribution is -0.173. The molecule has 1 aliphatic rings. The zero-order chi connectivity index (χ0) is 24.6. The van der Waals surface area contributed by atoms with Gasteiger partial charge in [0.05, 0.1) is 20.3 Å². The van der Waals surface area contributed by atoms with Gasteiger partial charge in [-0.05, 0) is 35.9 Å². The van der Waals surface area contributed by atoms with E-state index in [0.29, 0.717) is 27.1 Å². The minimum Gasteiger partial charge on any atom is -0.493 e. The summed E-state index contributed by atoms with van der Waals surface area (Å²) in [6, 6.07) is 7.94. The number of anilines is 2. The van der Waals surface area contributed by atoms with Crippen molar-refractivity contribution in [1.29, 1.82) is 0 Å². The molecule has 1 aromatic heterocycles. The zero-order valence-electron chi connectivity index (χ0n) is 17.9. The van der Waals surface area contributed by atoms with Crippen molar-refractivity contribution in [2.75, 3.05) is 24.9 Å². The summed E-state index contributed by atoms with van der Waals surface area (Å²) in [7, 11) is 2.92. The van der Waals surface area contributed by atoms with E-state index >= 15 is 0 Å². The van der Waals surface area contributed by atoms with Gasteiger partial charge in [-0.3, -0.25) is 4.79 Å². The second-order valence-corrected chi connectivity index (χ2v) is 8.45. The number of alkyl halides is 3. The Labute approximate surface area is 202 Å². The molecule has 34 heavy (non-hydrogen) atoms. The fourth-order valence-corrected chi connectivity index (χ4v) is 4.32. The van der Waals surface area contributed by atoms with Gasteiger partial charge < -0.3 is 20.1 Å². The number of amides is 1. The topological polar surface area (TPSA) is 77.4 Å². The molecule has 3 aromatic rings. The van der Waals surface area contributed by atoms with E-state index in [0.717, 1.165) is 4.68 Å². The number of fused-ring (bicyclic) bond motifs is 1. The van der Waals surface area contributed by atoms with Crippen molar-refractivity contribution in [3.8, 4) is 11.5 Å². The number of rotatable bonds is 5. The molecule has 0 spiro atoms. The third-order valence-corrected chi connectivity index (χ3v) is 5.79. The number of methoxy groups -OCH3 is 2. The number of halogens is 5. The van der Waals surface area contributed by atoms with Crippen molar-refractivity contribution in [3.05, 3.63) is 63.8 Å². The molecule has 1 aliphatic heterocycles. The van der Waals surface area contributed by atoms with Gasteiger partial charge in [-0.25, -0.2) is 4.68 Å². The zero-order valence-corrected chi connectivity index (χ0v) is 19.4. The van der Waals surface area contributed by atoms with Crippen LogP contribution in [0.3, 0.4) is 0 Å². The van der Waals surface area contributed by atoms with E-state index in [1.165, 1.54) is 38.5 Å². The molecule has 0 bridgehead atoms. The summed E-state index contributed by atoms with van der Waals surface area (Å²) in [5.74, 6) is 0.206. The second kappa shape index (κ2) is 9.27. The summed E-state index contributed by atoms with van der Waals surface area (Å²) in [6.45, 7) is 0. The number of hydrogen-bond acceptors (Lipinski definition) is 5. The molecule has 0 aliphatic carbocycles. The Morgan fingerprint density at radius 2 is 1.76 bits per heavy atom. The van der Waals surface area contributed by atoms with Gasteiger partial charge in [-0.1, -0.05) is 29.3 Å². The maximum Gasteiger partial charge on any atom is 0.410 e. The standard InChI is InChI=1S/C22H19Cl2F3N4O3/c1-33-17-4-3-11(5-18(17)34-2)15-9-19(22(25,26)27)31-20(29-15)10-16(30-31)21(32)28-14-7-12(23)6-13(24)8-14/h3-8,10,15,19,29H,9H2,1-2H3,(H,28,32)/t15-,19-/m1/s1. The number of aromatic nitrogens is 2. The van der Waals surface area contributed by atoms with Crippen LogP contribution in [0, 0.1) is 0 Å². The number of ether oxygens (including phenoxy) is 2. The van der Waals surface area contributed by atoms with Crippen molar-refractivity contribution >= 4 is 40.6 Å². The third kappa shape index (κ3) is 4.88. The molecule has 7 nitrogen and oxygen atoms in total. The first-order valence-corrected chi connectivity index (χ1v) is 10.8. The fraction of sp³-hybridized carbons (Fsp3) is 0.273. The van der Waals surface area contributed by atoms with Crippen molar-refractivity contribution in [2.24, 2.45) is 0 Å². The number of carbonyl (C=O) groups excluding carboxylic acids is 1. The number of hydrogen-bond donors (Lipinski definition) is 2. The van der Waals surface area contributed by atoms with Crippen LogP contribution in [0.4, 0.5) is 24.7 Å². The highest BCUT2D eigenvalue weighted by molar-refractivity contribution is 6.35. The number of benzene rings is 2. The van der Waals surface area contributed by atoms with Gasteiger partial charge in [0.15, 0.2) is 23.2 Å². The van der Waals surface area contributed by atoms with E-state index in [2.05, 4.69) is 15.7 Å². The molecular formula is C22H19Cl2F3N4O3. The first kappa shape index (κ1) is 24.0. The van der Waals surface area contributed by atoms with Crippen LogP contribution in [0.2, 0.25) is 10.0 Å². The highest BCUT2D eigenvalue weighted by Gasteiger charge is 2.47. The lowest BCUT2D eigenvalue weighted by atomic mass is 9.96. The maximum atomic E-state index is 14.0. The Kier molecular flexibility index (Phi) is 6.55. The van der Waals surface area contributed by atoms with Crippen molar-refractivity contribution in [2.45, 2.75) is 24.7 Å². The Balaban J connectivity index is 1.65. The summed E-state index contributed by atoms with van der Waals surface area (Å²) >= 11 is 11.9. The van der Waals surface area contributed by atoms with Crippen LogP contribution in [0.1, 0.15) is 34.6 Å². The number of nitrogens with zero attached hydrogens (tertiary/aromatic N) is 2. The summed E-state index contributed by atoms with van der Waals surface area (Å²) in [4.78, 5) is 12.7. The van der Waals surface area contributed by atoms with E-state index < -0.39 is 24.2 Å². The molecule has 2 atom stereocenters. The molecule has 0 saturated heterocycles. The summed E-state index contributed by atoms with van der Waals surface area (Å²) in [6.07, 6.45) is -4.93. The van der Waals surface area contributed by atoms with Crippen LogP contribution in [0.25, 0.3) is 0 Å². The smallest absolute Gasteiger partial charge is 0.410 e. The van der Waals surface area contributed by atoms with E-state index in [1.807, 2.05) is 0 Å². The van der Waals surface area contributed by atoms with E-state index in [-0.39, 0.29) is 23.6 Å². The minimum absolute atomic E-state index is 0.0580. The van der Waals surface area contributed by atoms with E-state index in [9.17, 15) is 18.0 Å². The van der Waals surface area contributed by atoms with Crippen LogP contribution >= 0.6 is 23.2 Å². The summed E-state index contributed by atoms with van der Waals surface area (Å²) < 4.78 is 53.1. The third-order valence-electron chi connectivity index (χ3n) is 5.35. The normalized spacial score (nSPS) is 17.5. The van der Waals surface area contributed by atoms with Crippen LogP contribution in [-0.4, -0.2) is 36.1 Å². The first-order valence-electron chi connectivity index (χ1n) is 10.0. The Morgan fingerprint density at radius 3 is 2.38 bits per heavy atom. The molecule has 1 amide bonds. The maximum absolute atomic E-state index is 14.0. The Morgan fingerprint density at radius 1 is 1.09 bits per heavy atom. The summed E-state index contributed by atoms with van der Waals surface area (Å²) in [5.41, 5.74) is 0.664. The Hall–Kier alpha value is -3.11. The SMILES string of the molecule is COc1ccc([C@H]2C[C@H](C(F)(F)F)n3nc(C(=O)Nc4cc(Cl)cc(Cl)c4)cc3N2)cc1OC. The minimum atomic E-state index is -4.59. The van der Waals surface area contributed by atoms with Crippen LogP contribution in [0.5, 0.6) is 11.5 Å². The highest BCUT2D eigenvalue weighted by atomic mass is 35.5. The molecular weight excluding hydrogens is 496 g/mol. The van der Waals surface area contributed by atoms with Crippen LogP contribution < -0.4 is 20.1 Å². The van der Waals surface area contributed by atoms with Crippen LogP contribution in [-0.2, 0) is 0 Å². The number of carbonyl (C=O) groups is 1. The quantitative estimate of drug-likeness (QED) is 0.428.